The number of aromatic amines is 1. The predicted octanol–water partition coefficient (Wildman–Crippen LogP) is 0.566. The second-order valence-electron chi connectivity index (χ2n) is 4.42. The van der Waals surface area contributed by atoms with Gasteiger partial charge >= 0.3 is 0 Å². The average Bonchev–Trinajstić information content (AvgIpc) is 2.64. The van der Waals surface area contributed by atoms with E-state index in [1.807, 2.05) is 0 Å². The molecule has 0 amide bonds. The van der Waals surface area contributed by atoms with E-state index in [0.29, 0.717) is 12.2 Å². The van der Waals surface area contributed by atoms with Gasteiger partial charge in [-0.2, -0.15) is 5.10 Å². The highest BCUT2D eigenvalue weighted by Gasteiger charge is 2.38. The van der Waals surface area contributed by atoms with Crippen LogP contribution in [-0.4, -0.2) is 37.9 Å². The normalized spacial score (nSPS) is 18.9. The Kier molecular flexibility index (Phi) is 3.24. The van der Waals surface area contributed by atoms with Crippen molar-refractivity contribution < 1.29 is 13.2 Å². The van der Waals surface area contributed by atoms with Crippen molar-refractivity contribution in [3.8, 4) is 0 Å². The zero-order valence-electron chi connectivity index (χ0n) is 9.99. The lowest BCUT2D eigenvalue weighted by Crippen LogP contribution is -2.49. The second kappa shape index (κ2) is 4.40. The van der Waals surface area contributed by atoms with Crippen molar-refractivity contribution in [3.05, 3.63) is 11.9 Å². The van der Waals surface area contributed by atoms with Gasteiger partial charge in [0.05, 0.1) is 17.5 Å². The molecule has 1 aromatic rings. The van der Waals surface area contributed by atoms with Crippen LogP contribution >= 0.6 is 0 Å². The minimum Gasteiger partial charge on any atom is -0.377 e. The van der Waals surface area contributed by atoms with Crippen molar-refractivity contribution in [2.24, 2.45) is 0 Å². The fourth-order valence-electron chi connectivity index (χ4n) is 1.94. The Morgan fingerprint density at radius 3 is 2.71 bits per heavy atom. The maximum Gasteiger partial charge on any atom is 0.244 e. The van der Waals surface area contributed by atoms with Crippen LogP contribution in [0, 0.1) is 6.92 Å². The van der Waals surface area contributed by atoms with Crippen molar-refractivity contribution >= 4 is 10.0 Å². The van der Waals surface area contributed by atoms with E-state index in [1.165, 1.54) is 6.20 Å². The maximum atomic E-state index is 12.0. The summed E-state index contributed by atoms with van der Waals surface area (Å²) in [5.74, 6) is 0. The Balaban J connectivity index is 2.06. The number of hydrogen-bond donors (Lipinski definition) is 2. The first-order chi connectivity index (χ1) is 7.99. The number of nitrogens with zero attached hydrogens (tertiary/aromatic N) is 1. The number of methoxy groups -OCH3 is 1. The molecule has 0 bridgehead atoms. The molecule has 2 rings (SSSR count). The summed E-state index contributed by atoms with van der Waals surface area (Å²) in [6.45, 7) is 1.99. The molecule has 7 heteroatoms. The number of aryl methyl sites for hydroxylation is 1. The highest BCUT2D eigenvalue weighted by Crippen LogP contribution is 2.34. The zero-order valence-corrected chi connectivity index (χ0v) is 10.8. The quantitative estimate of drug-likeness (QED) is 0.809. The molecule has 0 aliphatic heterocycles. The van der Waals surface area contributed by atoms with Crippen molar-refractivity contribution in [2.75, 3.05) is 13.7 Å². The minimum absolute atomic E-state index is 0.197. The molecule has 1 aliphatic rings. The van der Waals surface area contributed by atoms with Gasteiger partial charge in [0, 0.05) is 13.7 Å². The molecule has 6 nitrogen and oxygen atoms in total. The fraction of sp³-hybridized carbons (Fsp3) is 0.700. The molecule has 1 aromatic heterocycles. The molecule has 0 aromatic carbocycles. The van der Waals surface area contributed by atoms with Crippen LogP contribution < -0.4 is 4.72 Å². The lowest BCUT2D eigenvalue weighted by atomic mass is 9.80. The summed E-state index contributed by atoms with van der Waals surface area (Å²) in [7, 11) is -1.87. The topological polar surface area (TPSA) is 84.1 Å². The first-order valence-corrected chi connectivity index (χ1v) is 7.02. The predicted molar refractivity (Wildman–Crippen MR) is 62.1 cm³/mol. The smallest absolute Gasteiger partial charge is 0.244 e. The van der Waals surface area contributed by atoms with E-state index in [4.69, 9.17) is 4.74 Å². The van der Waals surface area contributed by atoms with Crippen molar-refractivity contribution in [1.29, 1.82) is 0 Å². The summed E-state index contributed by atoms with van der Waals surface area (Å²) in [6.07, 6.45) is 4.20. The molecular weight excluding hydrogens is 242 g/mol. The SMILES string of the molecule is COC1(CNS(=O)(=O)c2cn[nH]c2C)CCC1. The highest BCUT2D eigenvalue weighted by molar-refractivity contribution is 7.89. The summed E-state index contributed by atoms with van der Waals surface area (Å²) in [5, 5.41) is 6.32. The molecule has 0 radical (unpaired) electrons. The lowest BCUT2D eigenvalue weighted by molar-refractivity contribution is -0.0659. The van der Waals surface area contributed by atoms with Crippen LogP contribution in [0.3, 0.4) is 0 Å². The molecule has 1 heterocycles. The molecule has 0 saturated heterocycles. The van der Waals surface area contributed by atoms with Crippen LogP contribution in [0.5, 0.6) is 0 Å². The van der Waals surface area contributed by atoms with Crippen molar-refractivity contribution in [1.82, 2.24) is 14.9 Å². The van der Waals surface area contributed by atoms with Gasteiger partial charge in [-0.3, -0.25) is 5.10 Å². The van der Waals surface area contributed by atoms with Crippen LogP contribution in [0.4, 0.5) is 0 Å². The summed E-state index contributed by atoms with van der Waals surface area (Å²) in [5.41, 5.74) is 0.225. The molecule has 96 valence electrons. The summed E-state index contributed by atoms with van der Waals surface area (Å²) in [4.78, 5) is 0.197. The van der Waals surface area contributed by atoms with Crippen LogP contribution in [0.25, 0.3) is 0 Å². The van der Waals surface area contributed by atoms with Gasteiger partial charge in [0.25, 0.3) is 0 Å². The Morgan fingerprint density at radius 1 is 1.59 bits per heavy atom. The molecule has 0 atom stereocenters. The summed E-state index contributed by atoms with van der Waals surface area (Å²) in [6, 6.07) is 0. The Hall–Kier alpha value is -0.920. The molecular formula is C10H17N3O3S. The molecule has 1 fully saturated rings. The van der Waals surface area contributed by atoms with Crippen LogP contribution in [-0.2, 0) is 14.8 Å². The number of ether oxygens (including phenoxy) is 1. The highest BCUT2D eigenvalue weighted by atomic mass is 32.2. The lowest BCUT2D eigenvalue weighted by Gasteiger charge is -2.40. The molecule has 1 aliphatic carbocycles. The van der Waals surface area contributed by atoms with E-state index >= 15 is 0 Å². The third-order valence-electron chi connectivity index (χ3n) is 3.36. The summed E-state index contributed by atoms with van der Waals surface area (Å²) < 4.78 is 31.9. The summed E-state index contributed by atoms with van der Waals surface area (Å²) >= 11 is 0. The average molecular weight is 259 g/mol. The third kappa shape index (κ3) is 2.36. The van der Waals surface area contributed by atoms with E-state index in [2.05, 4.69) is 14.9 Å². The number of rotatable bonds is 5. The van der Waals surface area contributed by atoms with E-state index in [9.17, 15) is 8.42 Å². The third-order valence-corrected chi connectivity index (χ3v) is 4.87. The monoisotopic (exact) mass is 259 g/mol. The largest absolute Gasteiger partial charge is 0.377 e. The van der Waals surface area contributed by atoms with Crippen molar-refractivity contribution in [3.63, 3.8) is 0 Å². The van der Waals surface area contributed by atoms with Gasteiger partial charge in [-0.25, -0.2) is 13.1 Å². The van der Waals surface area contributed by atoms with Gasteiger partial charge in [-0.15, -0.1) is 0 Å². The van der Waals surface area contributed by atoms with Crippen LogP contribution in [0.2, 0.25) is 0 Å². The molecule has 17 heavy (non-hydrogen) atoms. The van der Waals surface area contributed by atoms with Gasteiger partial charge in [-0.05, 0) is 26.2 Å². The van der Waals surface area contributed by atoms with Crippen molar-refractivity contribution in [2.45, 2.75) is 36.7 Å². The molecule has 2 N–H and O–H groups in total. The molecule has 1 saturated carbocycles. The number of nitrogens with one attached hydrogen (secondary N) is 2. The fourth-order valence-corrected chi connectivity index (χ4v) is 3.19. The first kappa shape index (κ1) is 12.5. The van der Waals surface area contributed by atoms with Gasteiger partial charge in [0.15, 0.2) is 0 Å². The maximum absolute atomic E-state index is 12.0. The Labute approximate surface area is 101 Å². The van der Waals surface area contributed by atoms with Gasteiger partial charge < -0.3 is 4.74 Å². The van der Waals surface area contributed by atoms with E-state index in [-0.39, 0.29) is 10.5 Å². The van der Waals surface area contributed by atoms with Gasteiger partial charge in [-0.1, -0.05) is 0 Å². The van der Waals surface area contributed by atoms with Crippen LogP contribution in [0.15, 0.2) is 11.1 Å². The minimum atomic E-state index is -3.49. The second-order valence-corrected chi connectivity index (χ2v) is 6.16. The van der Waals surface area contributed by atoms with Gasteiger partial charge in [0.1, 0.15) is 4.90 Å². The molecule has 0 spiro atoms. The number of hydrogen-bond acceptors (Lipinski definition) is 4. The van der Waals surface area contributed by atoms with E-state index in [0.717, 1.165) is 19.3 Å². The first-order valence-electron chi connectivity index (χ1n) is 5.54. The number of H-pyrrole nitrogens is 1. The Bertz CT molecular complexity index is 485. The van der Waals surface area contributed by atoms with E-state index < -0.39 is 10.0 Å². The Morgan fingerprint density at radius 2 is 2.29 bits per heavy atom. The van der Waals surface area contributed by atoms with Crippen LogP contribution in [0.1, 0.15) is 25.0 Å². The molecule has 0 unspecified atom stereocenters. The standard InChI is InChI=1S/C10H17N3O3S/c1-8-9(6-11-13-8)17(14,15)12-7-10(16-2)4-3-5-10/h6,12H,3-5,7H2,1-2H3,(H,11,13). The zero-order chi connectivity index (χ0) is 12.5. The number of sulfonamides is 1. The van der Waals surface area contributed by atoms with E-state index in [1.54, 1.807) is 14.0 Å². The van der Waals surface area contributed by atoms with Gasteiger partial charge in [0.2, 0.25) is 10.0 Å². The number of aromatic nitrogens is 2.